The first-order chi connectivity index (χ1) is 12.7. The molecule has 1 aromatic rings. The highest BCUT2D eigenvalue weighted by atomic mass is 32.2. The fraction of sp³-hybridized carbons (Fsp3) is 0.579. The van der Waals surface area contributed by atoms with Crippen molar-refractivity contribution in [1.29, 1.82) is 0 Å². The number of hydrogen-bond acceptors (Lipinski definition) is 5. The fourth-order valence-corrected chi connectivity index (χ4v) is 4.15. The van der Waals surface area contributed by atoms with Gasteiger partial charge in [0.15, 0.2) is 6.61 Å². The van der Waals surface area contributed by atoms with E-state index in [1.54, 1.807) is 12.1 Å². The van der Waals surface area contributed by atoms with Crippen molar-refractivity contribution in [2.75, 3.05) is 13.2 Å². The summed E-state index contributed by atoms with van der Waals surface area (Å²) in [6, 6.07) is 6.35. The van der Waals surface area contributed by atoms with Crippen molar-refractivity contribution in [3.63, 3.8) is 0 Å². The zero-order chi connectivity index (χ0) is 20.0. The first kappa shape index (κ1) is 21.4. The summed E-state index contributed by atoms with van der Waals surface area (Å²) >= 11 is 0. The van der Waals surface area contributed by atoms with Crippen molar-refractivity contribution in [2.24, 2.45) is 11.8 Å². The van der Waals surface area contributed by atoms with E-state index in [0.29, 0.717) is 11.8 Å². The lowest BCUT2D eigenvalue weighted by Crippen LogP contribution is -2.45. The van der Waals surface area contributed by atoms with E-state index in [9.17, 15) is 18.0 Å². The second-order valence-corrected chi connectivity index (χ2v) is 9.01. The van der Waals surface area contributed by atoms with E-state index >= 15 is 0 Å². The number of nitrogens with one attached hydrogen (secondary N) is 2. The van der Waals surface area contributed by atoms with Crippen LogP contribution in [0.2, 0.25) is 0 Å². The summed E-state index contributed by atoms with van der Waals surface area (Å²) in [5, 5.41) is 2.90. The van der Waals surface area contributed by atoms with Crippen molar-refractivity contribution in [3.05, 3.63) is 29.8 Å². The third-order valence-electron chi connectivity index (χ3n) is 5.16. The molecule has 1 aromatic carbocycles. The van der Waals surface area contributed by atoms with Crippen molar-refractivity contribution >= 4 is 21.9 Å². The van der Waals surface area contributed by atoms with Gasteiger partial charge in [-0.2, -0.15) is 4.72 Å². The standard InChI is InChI=1S/C19H28N2O5S/c1-13-7-9-16(10-8-13)27(24,25)20-11-19(23)26-12-18(22)21-17-6-4-5-14(2)15(17)3/h7-10,14-15,17,20H,4-6,11-12H2,1-3H3,(H,21,22)/t14-,15-,17+/m0/s1. The molecule has 8 heteroatoms. The van der Waals surface area contributed by atoms with E-state index in [4.69, 9.17) is 4.74 Å². The highest BCUT2D eigenvalue weighted by Gasteiger charge is 2.28. The molecule has 1 saturated carbocycles. The number of rotatable bonds is 7. The molecule has 0 saturated heterocycles. The molecule has 7 nitrogen and oxygen atoms in total. The smallest absolute Gasteiger partial charge is 0.321 e. The van der Waals surface area contributed by atoms with Crippen LogP contribution in [0.25, 0.3) is 0 Å². The van der Waals surface area contributed by atoms with Crippen LogP contribution in [0.3, 0.4) is 0 Å². The highest BCUT2D eigenvalue weighted by molar-refractivity contribution is 7.89. The Bertz CT molecular complexity index is 761. The topological polar surface area (TPSA) is 102 Å². The Labute approximate surface area is 160 Å². The number of carbonyl (C=O) groups is 2. The lowest BCUT2D eigenvalue weighted by Gasteiger charge is -2.34. The number of carbonyl (C=O) groups excluding carboxylic acids is 2. The summed E-state index contributed by atoms with van der Waals surface area (Å²) in [6.07, 6.45) is 3.14. The Morgan fingerprint density at radius 2 is 1.81 bits per heavy atom. The minimum absolute atomic E-state index is 0.0686. The Hall–Kier alpha value is -1.93. The molecule has 0 heterocycles. The van der Waals surface area contributed by atoms with Gasteiger partial charge in [-0.15, -0.1) is 0 Å². The largest absolute Gasteiger partial charge is 0.455 e. The summed E-state index contributed by atoms with van der Waals surface area (Å²) in [5.41, 5.74) is 0.932. The van der Waals surface area contributed by atoms with E-state index in [1.807, 2.05) is 6.92 Å². The van der Waals surface area contributed by atoms with Gasteiger partial charge in [0.1, 0.15) is 6.54 Å². The minimum Gasteiger partial charge on any atom is -0.455 e. The van der Waals surface area contributed by atoms with Gasteiger partial charge in [0, 0.05) is 6.04 Å². The summed E-state index contributed by atoms with van der Waals surface area (Å²) in [5.74, 6) is -0.246. The summed E-state index contributed by atoms with van der Waals surface area (Å²) in [4.78, 5) is 23.8. The van der Waals surface area contributed by atoms with E-state index in [1.165, 1.54) is 12.1 Å². The monoisotopic (exact) mass is 396 g/mol. The second kappa shape index (κ2) is 9.32. The molecule has 3 atom stereocenters. The zero-order valence-corrected chi connectivity index (χ0v) is 16.8. The number of benzene rings is 1. The Kier molecular flexibility index (Phi) is 7.38. The molecular weight excluding hydrogens is 368 g/mol. The molecule has 1 aliphatic carbocycles. The molecule has 0 radical (unpaired) electrons. The van der Waals surface area contributed by atoms with Gasteiger partial charge in [0.05, 0.1) is 4.90 Å². The molecule has 0 spiro atoms. The van der Waals surface area contributed by atoms with Crippen LogP contribution in [-0.4, -0.2) is 39.5 Å². The Balaban J connectivity index is 1.75. The summed E-state index contributed by atoms with van der Waals surface area (Å²) in [6.45, 7) is 5.19. The molecule has 0 bridgehead atoms. The maximum atomic E-state index is 12.1. The van der Waals surface area contributed by atoms with E-state index < -0.39 is 29.1 Å². The van der Waals surface area contributed by atoms with Gasteiger partial charge in [-0.1, -0.05) is 44.4 Å². The number of aryl methyl sites for hydroxylation is 1. The van der Waals surface area contributed by atoms with Gasteiger partial charge in [-0.05, 0) is 37.3 Å². The average Bonchev–Trinajstić information content (AvgIpc) is 2.62. The molecule has 0 unspecified atom stereocenters. The van der Waals surface area contributed by atoms with Crippen molar-refractivity contribution in [3.8, 4) is 0 Å². The van der Waals surface area contributed by atoms with Gasteiger partial charge in [-0.25, -0.2) is 8.42 Å². The van der Waals surface area contributed by atoms with E-state index in [-0.39, 0.29) is 16.8 Å². The molecule has 27 heavy (non-hydrogen) atoms. The van der Waals surface area contributed by atoms with E-state index in [2.05, 4.69) is 23.9 Å². The number of ether oxygens (including phenoxy) is 1. The quantitative estimate of drug-likeness (QED) is 0.684. The second-order valence-electron chi connectivity index (χ2n) is 7.24. The third-order valence-corrected chi connectivity index (χ3v) is 6.57. The van der Waals surface area contributed by atoms with Crippen LogP contribution >= 0.6 is 0 Å². The minimum atomic E-state index is -3.80. The number of amides is 1. The molecule has 1 aliphatic rings. The molecule has 2 rings (SSSR count). The molecule has 1 fully saturated rings. The predicted molar refractivity (Wildman–Crippen MR) is 101 cm³/mol. The molecule has 150 valence electrons. The molecule has 0 aromatic heterocycles. The number of esters is 1. The fourth-order valence-electron chi connectivity index (χ4n) is 3.19. The zero-order valence-electron chi connectivity index (χ0n) is 16.0. The lowest BCUT2D eigenvalue weighted by atomic mass is 9.78. The molecule has 0 aliphatic heterocycles. The first-order valence-corrected chi connectivity index (χ1v) is 10.7. The highest BCUT2D eigenvalue weighted by Crippen LogP contribution is 2.29. The van der Waals surface area contributed by atoms with E-state index in [0.717, 1.165) is 24.8 Å². The van der Waals surface area contributed by atoms with Crippen LogP contribution in [0.1, 0.15) is 38.7 Å². The third kappa shape index (κ3) is 6.32. The molecule has 2 N–H and O–H groups in total. The maximum absolute atomic E-state index is 12.1. The molecule has 1 amide bonds. The van der Waals surface area contributed by atoms with Gasteiger partial charge in [0.2, 0.25) is 10.0 Å². The van der Waals surface area contributed by atoms with Crippen LogP contribution in [0.4, 0.5) is 0 Å². The van der Waals surface area contributed by atoms with Crippen LogP contribution in [0, 0.1) is 18.8 Å². The Morgan fingerprint density at radius 1 is 1.15 bits per heavy atom. The summed E-state index contributed by atoms with van der Waals surface area (Å²) in [7, 11) is -3.80. The van der Waals surface area contributed by atoms with Gasteiger partial charge in [-0.3, -0.25) is 9.59 Å². The summed E-state index contributed by atoms with van der Waals surface area (Å²) < 4.78 is 31.3. The Morgan fingerprint density at radius 3 is 2.48 bits per heavy atom. The normalized spacial score (nSPS) is 22.9. The number of sulfonamides is 1. The van der Waals surface area contributed by atoms with Crippen LogP contribution in [0.15, 0.2) is 29.2 Å². The average molecular weight is 397 g/mol. The van der Waals surface area contributed by atoms with Crippen LogP contribution in [0.5, 0.6) is 0 Å². The lowest BCUT2D eigenvalue weighted by molar-refractivity contribution is -0.147. The SMILES string of the molecule is Cc1ccc(S(=O)(=O)NCC(=O)OCC(=O)N[C@@H]2CCC[C@H](C)[C@@H]2C)cc1. The predicted octanol–water partition coefficient (Wildman–Crippen LogP) is 1.76. The van der Waals surface area contributed by atoms with Gasteiger partial charge < -0.3 is 10.1 Å². The van der Waals surface area contributed by atoms with Gasteiger partial charge in [0.25, 0.3) is 5.91 Å². The van der Waals surface area contributed by atoms with Gasteiger partial charge >= 0.3 is 5.97 Å². The molecular formula is C19H28N2O5S. The van der Waals surface area contributed by atoms with Crippen LogP contribution < -0.4 is 10.0 Å². The first-order valence-electron chi connectivity index (χ1n) is 9.20. The van der Waals surface area contributed by atoms with Crippen molar-refractivity contribution < 1.29 is 22.7 Å². The maximum Gasteiger partial charge on any atom is 0.321 e. The number of hydrogen-bond donors (Lipinski definition) is 2. The van der Waals surface area contributed by atoms with Crippen molar-refractivity contribution in [1.82, 2.24) is 10.0 Å². The van der Waals surface area contributed by atoms with Crippen molar-refractivity contribution in [2.45, 2.75) is 51.0 Å². The van der Waals surface area contributed by atoms with Crippen LogP contribution in [-0.2, 0) is 24.3 Å².